The maximum absolute atomic E-state index is 11.5. The smallest absolute Gasteiger partial charge is 0.307 e. The number of carboxylic acid groups (broad SMARTS) is 1. The number of allylic oxidation sites excluding steroid dienone is 2. The molecular weight excluding hydrogens is 196 g/mol. The van der Waals surface area contributed by atoms with Crippen molar-refractivity contribution < 1.29 is 14.7 Å². The Morgan fingerprint density at radius 1 is 1.33 bits per heavy atom. The SMILES string of the molecule is N#CNC(=O)C1C2C=CC(C2)C1C(=O)O. The first-order chi connectivity index (χ1) is 7.15. The minimum absolute atomic E-state index is 0.0237. The van der Waals surface area contributed by atoms with Gasteiger partial charge in [0.2, 0.25) is 5.91 Å². The number of nitrogens with one attached hydrogen (secondary N) is 1. The lowest BCUT2D eigenvalue weighted by Gasteiger charge is -2.22. The highest BCUT2D eigenvalue weighted by Gasteiger charge is 2.51. The third kappa shape index (κ3) is 1.38. The molecule has 15 heavy (non-hydrogen) atoms. The normalized spacial score (nSPS) is 36.2. The summed E-state index contributed by atoms with van der Waals surface area (Å²) in [5.74, 6) is -2.76. The average molecular weight is 206 g/mol. The summed E-state index contributed by atoms with van der Waals surface area (Å²) in [5.41, 5.74) is 0. The van der Waals surface area contributed by atoms with E-state index in [2.05, 4.69) is 0 Å². The molecule has 2 rings (SSSR count). The van der Waals surface area contributed by atoms with E-state index in [1.54, 1.807) is 6.19 Å². The van der Waals surface area contributed by atoms with Gasteiger partial charge in [0.25, 0.3) is 0 Å². The van der Waals surface area contributed by atoms with Gasteiger partial charge in [0.05, 0.1) is 11.8 Å². The molecule has 0 heterocycles. The number of nitrogens with zero attached hydrogens (tertiary/aromatic N) is 1. The van der Waals surface area contributed by atoms with Crippen LogP contribution in [0.2, 0.25) is 0 Å². The lowest BCUT2D eigenvalue weighted by molar-refractivity contribution is -0.147. The molecule has 2 bridgehead atoms. The summed E-state index contributed by atoms with van der Waals surface area (Å²) in [4.78, 5) is 22.5. The highest BCUT2D eigenvalue weighted by molar-refractivity contribution is 5.87. The van der Waals surface area contributed by atoms with Gasteiger partial charge in [-0.25, -0.2) is 0 Å². The van der Waals surface area contributed by atoms with Gasteiger partial charge in [-0.1, -0.05) is 12.2 Å². The van der Waals surface area contributed by atoms with Crippen LogP contribution in [0.25, 0.3) is 0 Å². The molecule has 78 valence electrons. The zero-order chi connectivity index (χ0) is 11.0. The van der Waals surface area contributed by atoms with E-state index in [1.807, 2.05) is 17.5 Å². The predicted molar refractivity (Wildman–Crippen MR) is 49.1 cm³/mol. The second-order valence-electron chi connectivity index (χ2n) is 3.94. The zero-order valence-electron chi connectivity index (χ0n) is 7.88. The van der Waals surface area contributed by atoms with Gasteiger partial charge in [0, 0.05) is 0 Å². The fourth-order valence-electron chi connectivity index (χ4n) is 2.65. The molecule has 0 aromatic heterocycles. The zero-order valence-corrected chi connectivity index (χ0v) is 7.88. The number of hydrogen-bond donors (Lipinski definition) is 2. The molecule has 0 spiro atoms. The molecule has 0 aliphatic heterocycles. The molecule has 2 aliphatic carbocycles. The summed E-state index contributed by atoms with van der Waals surface area (Å²) in [6.07, 6.45) is 6.00. The monoisotopic (exact) mass is 206 g/mol. The van der Waals surface area contributed by atoms with Crippen LogP contribution in [0.5, 0.6) is 0 Å². The van der Waals surface area contributed by atoms with Gasteiger partial charge < -0.3 is 5.11 Å². The van der Waals surface area contributed by atoms with Gasteiger partial charge in [0.15, 0.2) is 6.19 Å². The summed E-state index contributed by atoms with van der Waals surface area (Å²) < 4.78 is 0. The first-order valence-corrected chi connectivity index (χ1v) is 4.75. The summed E-state index contributed by atoms with van der Waals surface area (Å²) in [6, 6.07) is 0. The predicted octanol–water partition coefficient (Wildman–Crippen LogP) is 0.107. The highest BCUT2D eigenvalue weighted by atomic mass is 16.4. The molecule has 4 atom stereocenters. The second-order valence-corrected chi connectivity index (χ2v) is 3.94. The molecule has 1 amide bonds. The minimum atomic E-state index is -0.954. The topological polar surface area (TPSA) is 90.2 Å². The van der Waals surface area contributed by atoms with Crippen LogP contribution in [0.1, 0.15) is 6.42 Å². The van der Waals surface area contributed by atoms with Gasteiger partial charge in [-0.3, -0.25) is 14.9 Å². The van der Waals surface area contributed by atoms with Crippen LogP contribution in [0.15, 0.2) is 12.2 Å². The number of carbonyl (C=O) groups is 2. The van der Waals surface area contributed by atoms with Crippen molar-refractivity contribution in [3.8, 4) is 6.19 Å². The Labute approximate surface area is 86.4 Å². The molecule has 5 nitrogen and oxygen atoms in total. The maximum Gasteiger partial charge on any atom is 0.307 e. The van der Waals surface area contributed by atoms with Crippen molar-refractivity contribution in [2.24, 2.45) is 23.7 Å². The van der Waals surface area contributed by atoms with E-state index in [1.165, 1.54) is 0 Å². The number of carbonyl (C=O) groups excluding carboxylic acids is 1. The summed E-state index contributed by atoms with van der Waals surface area (Å²) in [5, 5.41) is 19.4. The quantitative estimate of drug-likeness (QED) is 0.381. The summed E-state index contributed by atoms with van der Waals surface area (Å²) in [7, 11) is 0. The Kier molecular flexibility index (Phi) is 2.19. The number of rotatable bonds is 2. The molecule has 0 aromatic carbocycles. The number of carboxylic acids is 1. The Morgan fingerprint density at radius 2 is 1.93 bits per heavy atom. The van der Waals surface area contributed by atoms with Crippen LogP contribution in [-0.4, -0.2) is 17.0 Å². The first-order valence-electron chi connectivity index (χ1n) is 4.75. The van der Waals surface area contributed by atoms with E-state index in [0.29, 0.717) is 6.42 Å². The van der Waals surface area contributed by atoms with E-state index >= 15 is 0 Å². The molecular formula is C10H10N2O3. The van der Waals surface area contributed by atoms with Crippen LogP contribution in [-0.2, 0) is 9.59 Å². The van der Waals surface area contributed by atoms with Crippen molar-refractivity contribution in [2.45, 2.75) is 6.42 Å². The van der Waals surface area contributed by atoms with Crippen LogP contribution in [0.3, 0.4) is 0 Å². The Bertz CT molecular complexity index is 383. The van der Waals surface area contributed by atoms with Crippen molar-refractivity contribution >= 4 is 11.9 Å². The fraction of sp³-hybridized carbons (Fsp3) is 0.500. The number of amides is 1. The van der Waals surface area contributed by atoms with E-state index in [9.17, 15) is 9.59 Å². The molecule has 4 unspecified atom stereocenters. The number of nitriles is 1. The number of aliphatic carboxylic acids is 1. The van der Waals surface area contributed by atoms with Gasteiger partial charge in [-0.05, 0) is 18.3 Å². The van der Waals surface area contributed by atoms with Crippen LogP contribution in [0.4, 0.5) is 0 Å². The molecule has 1 fully saturated rings. The molecule has 0 radical (unpaired) electrons. The Balaban J connectivity index is 2.23. The lowest BCUT2D eigenvalue weighted by atomic mass is 9.82. The van der Waals surface area contributed by atoms with Crippen molar-refractivity contribution in [1.82, 2.24) is 5.32 Å². The largest absolute Gasteiger partial charge is 0.481 e. The molecule has 2 aliphatic rings. The van der Waals surface area contributed by atoms with Crippen LogP contribution in [0, 0.1) is 35.1 Å². The Morgan fingerprint density at radius 3 is 2.47 bits per heavy atom. The van der Waals surface area contributed by atoms with E-state index < -0.39 is 23.7 Å². The van der Waals surface area contributed by atoms with Gasteiger partial charge in [0.1, 0.15) is 0 Å². The summed E-state index contributed by atoms with van der Waals surface area (Å²) >= 11 is 0. The highest BCUT2D eigenvalue weighted by Crippen LogP contribution is 2.48. The third-order valence-corrected chi connectivity index (χ3v) is 3.23. The van der Waals surface area contributed by atoms with Gasteiger partial charge in [-0.2, -0.15) is 5.26 Å². The van der Waals surface area contributed by atoms with Gasteiger partial charge in [-0.15, -0.1) is 0 Å². The van der Waals surface area contributed by atoms with E-state index in [4.69, 9.17) is 10.4 Å². The van der Waals surface area contributed by atoms with Gasteiger partial charge >= 0.3 is 5.97 Å². The molecule has 0 saturated heterocycles. The standard InChI is InChI=1S/C10H10N2O3/c11-4-12-9(13)7-5-1-2-6(3-5)8(7)10(14)15/h1-2,5-8H,3H2,(H,12,13)(H,14,15). The summed E-state index contributed by atoms with van der Waals surface area (Å²) in [6.45, 7) is 0. The maximum atomic E-state index is 11.5. The molecule has 5 heteroatoms. The average Bonchev–Trinajstić information content (AvgIpc) is 2.76. The number of hydrogen-bond acceptors (Lipinski definition) is 3. The minimum Gasteiger partial charge on any atom is -0.481 e. The van der Waals surface area contributed by atoms with Crippen LogP contribution >= 0.6 is 0 Å². The van der Waals surface area contributed by atoms with Crippen molar-refractivity contribution in [1.29, 1.82) is 5.26 Å². The second kappa shape index (κ2) is 3.39. The third-order valence-electron chi connectivity index (χ3n) is 3.23. The fourth-order valence-corrected chi connectivity index (χ4v) is 2.65. The molecule has 1 saturated carbocycles. The lowest BCUT2D eigenvalue weighted by Crippen LogP contribution is -2.38. The molecule has 0 aromatic rings. The van der Waals surface area contributed by atoms with E-state index in [0.717, 1.165) is 0 Å². The first kappa shape index (κ1) is 9.71. The Hall–Kier alpha value is -1.83. The van der Waals surface area contributed by atoms with Crippen molar-refractivity contribution in [3.63, 3.8) is 0 Å². The number of fused-ring (bicyclic) bond motifs is 2. The van der Waals surface area contributed by atoms with Crippen molar-refractivity contribution in [2.75, 3.05) is 0 Å². The molecule has 2 N–H and O–H groups in total. The van der Waals surface area contributed by atoms with E-state index in [-0.39, 0.29) is 11.8 Å². The van der Waals surface area contributed by atoms with Crippen LogP contribution < -0.4 is 5.32 Å². The van der Waals surface area contributed by atoms with Crippen molar-refractivity contribution in [3.05, 3.63) is 12.2 Å².